The van der Waals surface area contributed by atoms with Crippen molar-refractivity contribution >= 4 is 16.8 Å². The summed E-state index contributed by atoms with van der Waals surface area (Å²) >= 11 is 0. The van der Waals surface area contributed by atoms with Crippen molar-refractivity contribution in [2.24, 2.45) is 0 Å². The van der Waals surface area contributed by atoms with Gasteiger partial charge in [-0.1, -0.05) is 24.6 Å². The first-order chi connectivity index (χ1) is 11.7. The lowest BCUT2D eigenvalue weighted by Gasteiger charge is -2.32. The number of benzene rings is 1. The van der Waals surface area contributed by atoms with E-state index >= 15 is 0 Å². The molecule has 5 nitrogen and oxygen atoms in total. The smallest absolute Gasteiger partial charge is 0.220 e. The van der Waals surface area contributed by atoms with Gasteiger partial charge in [-0.25, -0.2) is 0 Å². The lowest BCUT2D eigenvalue weighted by Crippen LogP contribution is -2.37. The first-order valence-electron chi connectivity index (χ1n) is 9.11. The van der Waals surface area contributed by atoms with Gasteiger partial charge < -0.3 is 10.2 Å². The maximum Gasteiger partial charge on any atom is 0.220 e. The lowest BCUT2D eigenvalue weighted by molar-refractivity contribution is -0.121. The fourth-order valence-corrected chi connectivity index (χ4v) is 3.56. The molecule has 1 amide bonds. The lowest BCUT2D eigenvalue weighted by atomic mass is 9.98. The van der Waals surface area contributed by atoms with Gasteiger partial charge >= 0.3 is 0 Å². The SMILES string of the molecule is CN1CCCCC1CCC(=O)NCCCn1ncc2ccccc21. The van der Waals surface area contributed by atoms with E-state index in [0.29, 0.717) is 19.0 Å². The van der Waals surface area contributed by atoms with Crippen molar-refractivity contribution < 1.29 is 4.79 Å². The van der Waals surface area contributed by atoms with E-state index in [-0.39, 0.29) is 5.91 Å². The van der Waals surface area contributed by atoms with E-state index in [2.05, 4.69) is 34.5 Å². The summed E-state index contributed by atoms with van der Waals surface area (Å²) in [6, 6.07) is 8.80. The number of likely N-dealkylation sites (tertiary alicyclic amines) is 1. The van der Waals surface area contributed by atoms with Crippen molar-refractivity contribution in [2.45, 2.75) is 51.1 Å². The molecule has 0 bridgehead atoms. The first kappa shape index (κ1) is 17.0. The zero-order valence-electron chi connectivity index (χ0n) is 14.6. The minimum atomic E-state index is 0.180. The molecule has 1 saturated heterocycles. The van der Waals surface area contributed by atoms with Crippen LogP contribution in [-0.2, 0) is 11.3 Å². The third-order valence-corrected chi connectivity index (χ3v) is 5.05. The average molecular weight is 328 g/mol. The maximum absolute atomic E-state index is 12.0. The van der Waals surface area contributed by atoms with Gasteiger partial charge in [0.05, 0.1) is 11.7 Å². The predicted octanol–water partition coefficient (Wildman–Crippen LogP) is 2.81. The van der Waals surface area contributed by atoms with E-state index in [1.165, 1.54) is 25.8 Å². The number of nitrogens with zero attached hydrogens (tertiary/aromatic N) is 3. The second-order valence-corrected chi connectivity index (χ2v) is 6.80. The van der Waals surface area contributed by atoms with Crippen molar-refractivity contribution in [3.8, 4) is 0 Å². The molecule has 0 saturated carbocycles. The van der Waals surface area contributed by atoms with E-state index in [1.807, 2.05) is 23.0 Å². The summed E-state index contributed by atoms with van der Waals surface area (Å²) in [5.74, 6) is 0.180. The Labute approximate surface area is 144 Å². The molecule has 0 spiro atoms. The number of para-hydroxylation sites is 1. The summed E-state index contributed by atoms with van der Waals surface area (Å²) in [6.07, 6.45) is 8.24. The molecule has 24 heavy (non-hydrogen) atoms. The van der Waals surface area contributed by atoms with Crippen LogP contribution in [-0.4, -0.2) is 46.8 Å². The molecule has 5 heteroatoms. The Bertz CT molecular complexity index is 666. The number of rotatable bonds is 7. The number of piperidine rings is 1. The van der Waals surface area contributed by atoms with Gasteiger partial charge in [0.25, 0.3) is 0 Å². The van der Waals surface area contributed by atoms with Crippen LogP contribution in [0.5, 0.6) is 0 Å². The minimum absolute atomic E-state index is 0.180. The molecular weight excluding hydrogens is 300 g/mol. The number of amides is 1. The molecule has 2 heterocycles. The maximum atomic E-state index is 12.0. The number of carbonyl (C=O) groups is 1. The number of aryl methyl sites for hydroxylation is 1. The van der Waals surface area contributed by atoms with Crippen LogP contribution < -0.4 is 5.32 Å². The summed E-state index contributed by atoms with van der Waals surface area (Å²) in [5.41, 5.74) is 1.16. The molecule has 2 aromatic rings. The van der Waals surface area contributed by atoms with E-state index in [1.54, 1.807) is 0 Å². The molecule has 1 aliphatic heterocycles. The molecule has 1 aromatic carbocycles. The van der Waals surface area contributed by atoms with Gasteiger partial charge in [-0.15, -0.1) is 0 Å². The molecule has 3 rings (SSSR count). The molecule has 1 unspecified atom stereocenters. The Morgan fingerprint density at radius 3 is 3.08 bits per heavy atom. The molecule has 0 aliphatic carbocycles. The standard InChI is InChI=1S/C19H28N4O/c1-22-13-5-4-8-17(22)10-11-19(24)20-12-6-14-23-18-9-3-2-7-16(18)15-21-23/h2-3,7,9,15,17H,4-6,8,10-14H2,1H3,(H,20,24). The number of fused-ring (bicyclic) bond motifs is 1. The Kier molecular flexibility index (Phi) is 5.86. The van der Waals surface area contributed by atoms with Gasteiger partial charge in [0.15, 0.2) is 0 Å². The highest BCUT2D eigenvalue weighted by Gasteiger charge is 2.19. The molecule has 1 N–H and O–H groups in total. The highest BCUT2D eigenvalue weighted by molar-refractivity contribution is 5.78. The molecule has 1 atom stereocenters. The second-order valence-electron chi connectivity index (χ2n) is 6.80. The van der Waals surface area contributed by atoms with E-state index in [9.17, 15) is 4.79 Å². The number of carbonyl (C=O) groups excluding carboxylic acids is 1. The largest absolute Gasteiger partial charge is 0.356 e. The summed E-state index contributed by atoms with van der Waals surface area (Å²) in [4.78, 5) is 14.4. The van der Waals surface area contributed by atoms with Crippen molar-refractivity contribution in [3.05, 3.63) is 30.5 Å². The van der Waals surface area contributed by atoms with Crippen LogP contribution in [0.1, 0.15) is 38.5 Å². The zero-order valence-corrected chi connectivity index (χ0v) is 14.6. The average Bonchev–Trinajstić information content (AvgIpc) is 3.01. The number of nitrogens with one attached hydrogen (secondary N) is 1. The van der Waals surface area contributed by atoms with E-state index < -0.39 is 0 Å². The molecule has 1 aliphatic rings. The Morgan fingerprint density at radius 2 is 2.21 bits per heavy atom. The first-order valence-corrected chi connectivity index (χ1v) is 9.11. The van der Waals surface area contributed by atoms with Crippen LogP contribution in [0.3, 0.4) is 0 Å². The zero-order chi connectivity index (χ0) is 16.8. The van der Waals surface area contributed by atoms with Gasteiger partial charge in [-0.05, 0) is 45.3 Å². The Balaban J connectivity index is 1.35. The summed E-state index contributed by atoms with van der Waals surface area (Å²) in [6.45, 7) is 2.72. The van der Waals surface area contributed by atoms with Gasteiger partial charge in [-0.3, -0.25) is 9.48 Å². The molecule has 1 aromatic heterocycles. The van der Waals surface area contributed by atoms with Crippen LogP contribution >= 0.6 is 0 Å². The topological polar surface area (TPSA) is 50.2 Å². The fourth-order valence-electron chi connectivity index (χ4n) is 3.56. The highest BCUT2D eigenvalue weighted by Crippen LogP contribution is 2.18. The van der Waals surface area contributed by atoms with Crippen LogP contribution in [0.4, 0.5) is 0 Å². The molecule has 130 valence electrons. The Hall–Kier alpha value is -1.88. The monoisotopic (exact) mass is 328 g/mol. The predicted molar refractivity (Wildman–Crippen MR) is 96.9 cm³/mol. The number of aromatic nitrogens is 2. The number of hydrogen-bond donors (Lipinski definition) is 1. The number of hydrogen-bond acceptors (Lipinski definition) is 3. The normalized spacial score (nSPS) is 18.8. The van der Waals surface area contributed by atoms with Crippen molar-refractivity contribution in [3.63, 3.8) is 0 Å². The molecule has 1 fully saturated rings. The van der Waals surface area contributed by atoms with Gasteiger partial charge in [0.2, 0.25) is 5.91 Å². The highest BCUT2D eigenvalue weighted by atomic mass is 16.1. The van der Waals surface area contributed by atoms with Gasteiger partial charge in [0, 0.05) is 30.9 Å². The van der Waals surface area contributed by atoms with Gasteiger partial charge in [0.1, 0.15) is 0 Å². The third kappa shape index (κ3) is 4.35. The Morgan fingerprint density at radius 1 is 1.33 bits per heavy atom. The molecular formula is C19H28N4O. The van der Waals surface area contributed by atoms with Crippen molar-refractivity contribution in [1.29, 1.82) is 0 Å². The van der Waals surface area contributed by atoms with E-state index in [0.717, 1.165) is 30.3 Å². The summed E-state index contributed by atoms with van der Waals surface area (Å²) < 4.78 is 2.01. The van der Waals surface area contributed by atoms with Crippen LogP contribution in [0, 0.1) is 0 Å². The fraction of sp³-hybridized carbons (Fsp3) is 0.579. The summed E-state index contributed by atoms with van der Waals surface area (Å²) in [5, 5.41) is 8.63. The van der Waals surface area contributed by atoms with Crippen LogP contribution in [0.25, 0.3) is 10.9 Å². The summed E-state index contributed by atoms with van der Waals surface area (Å²) in [7, 11) is 2.18. The van der Waals surface area contributed by atoms with Gasteiger partial charge in [-0.2, -0.15) is 5.10 Å². The molecule has 0 radical (unpaired) electrons. The van der Waals surface area contributed by atoms with Crippen molar-refractivity contribution in [1.82, 2.24) is 20.0 Å². The van der Waals surface area contributed by atoms with E-state index in [4.69, 9.17) is 0 Å². The van der Waals surface area contributed by atoms with Crippen LogP contribution in [0.2, 0.25) is 0 Å². The third-order valence-electron chi connectivity index (χ3n) is 5.05. The van der Waals surface area contributed by atoms with Crippen molar-refractivity contribution in [2.75, 3.05) is 20.1 Å². The second kappa shape index (κ2) is 8.29. The van der Waals surface area contributed by atoms with Crippen LogP contribution in [0.15, 0.2) is 30.5 Å². The quantitative estimate of drug-likeness (QED) is 0.795. The minimum Gasteiger partial charge on any atom is -0.356 e.